The number of hydrogen-bond acceptors (Lipinski definition) is 4. The van der Waals surface area contributed by atoms with Crippen molar-refractivity contribution in [2.45, 2.75) is 4.21 Å². The van der Waals surface area contributed by atoms with Gasteiger partial charge in [0.1, 0.15) is 5.01 Å². The highest BCUT2D eigenvalue weighted by Gasteiger charge is 2.15. The van der Waals surface area contributed by atoms with Crippen LogP contribution in [0.15, 0.2) is 34.7 Å². The van der Waals surface area contributed by atoms with Gasteiger partial charge in [-0.25, -0.2) is 13.4 Å². The second-order valence-electron chi connectivity index (χ2n) is 2.93. The number of benzene rings is 1. The van der Waals surface area contributed by atoms with Gasteiger partial charge < -0.3 is 0 Å². The summed E-state index contributed by atoms with van der Waals surface area (Å²) in [5.74, 6) is 0. The molecule has 1 aromatic heterocycles. The minimum Gasteiger partial charge on any atom is -0.243 e. The summed E-state index contributed by atoms with van der Waals surface area (Å²) in [7, 11) is 1.51. The summed E-state index contributed by atoms with van der Waals surface area (Å²) < 4.78 is 22.1. The van der Waals surface area contributed by atoms with E-state index < -0.39 is 9.05 Å². The van der Waals surface area contributed by atoms with Gasteiger partial charge in [-0.3, -0.25) is 0 Å². The summed E-state index contributed by atoms with van der Waals surface area (Å²) in [5.41, 5.74) is 0.806. The minimum absolute atomic E-state index is 0.0408. The summed E-state index contributed by atoms with van der Waals surface area (Å²) >= 11 is 6.77. The van der Waals surface area contributed by atoms with Crippen LogP contribution in [0.2, 0.25) is 5.02 Å². The average Bonchev–Trinajstić information content (AvgIpc) is 2.67. The molecule has 0 radical (unpaired) electrons. The third kappa shape index (κ3) is 2.55. The van der Waals surface area contributed by atoms with Gasteiger partial charge >= 0.3 is 0 Å². The van der Waals surface area contributed by atoms with Gasteiger partial charge in [0.15, 0.2) is 4.21 Å². The second-order valence-corrected chi connectivity index (χ2v) is 7.19. The Morgan fingerprint density at radius 2 is 1.81 bits per heavy atom. The number of thiazole rings is 1. The highest BCUT2D eigenvalue weighted by Crippen LogP contribution is 2.30. The molecule has 0 amide bonds. The summed E-state index contributed by atoms with van der Waals surface area (Å²) in [6.07, 6.45) is 1.25. The monoisotopic (exact) mass is 293 g/mol. The average molecular weight is 294 g/mol. The Morgan fingerprint density at radius 3 is 2.31 bits per heavy atom. The van der Waals surface area contributed by atoms with Crippen LogP contribution in [-0.2, 0) is 9.05 Å². The fraction of sp³-hybridized carbons (Fsp3) is 0. The molecule has 0 unspecified atom stereocenters. The SMILES string of the molecule is O=S(=O)(Cl)c1cnc(-c2ccc(Cl)cc2)s1. The molecule has 0 aliphatic carbocycles. The van der Waals surface area contributed by atoms with E-state index in [-0.39, 0.29) is 4.21 Å². The van der Waals surface area contributed by atoms with Gasteiger partial charge in [0.25, 0.3) is 9.05 Å². The quantitative estimate of drug-likeness (QED) is 0.798. The van der Waals surface area contributed by atoms with Crippen LogP contribution in [0.5, 0.6) is 0 Å². The molecule has 0 spiro atoms. The molecule has 0 saturated heterocycles. The molecule has 0 saturated carbocycles. The topological polar surface area (TPSA) is 47.0 Å². The molecule has 0 fully saturated rings. The zero-order chi connectivity index (χ0) is 11.8. The Hall–Kier alpha value is -0.620. The third-order valence-electron chi connectivity index (χ3n) is 1.82. The molecule has 84 valence electrons. The Balaban J connectivity index is 2.43. The van der Waals surface area contributed by atoms with Crippen LogP contribution < -0.4 is 0 Å². The first-order valence-corrected chi connectivity index (χ1v) is 7.63. The molecule has 0 atom stereocenters. The van der Waals surface area contributed by atoms with E-state index in [0.717, 1.165) is 16.9 Å². The first-order chi connectivity index (χ1) is 7.47. The van der Waals surface area contributed by atoms with Gasteiger partial charge in [0.2, 0.25) is 0 Å². The Kier molecular flexibility index (Phi) is 3.21. The molecular weight excluding hydrogens is 289 g/mol. The normalized spacial score (nSPS) is 11.6. The van der Waals surface area contributed by atoms with E-state index in [0.29, 0.717) is 10.0 Å². The second kappa shape index (κ2) is 4.33. The summed E-state index contributed by atoms with van der Waals surface area (Å²) in [6.45, 7) is 0. The van der Waals surface area contributed by atoms with Crippen molar-refractivity contribution in [3.63, 3.8) is 0 Å². The zero-order valence-electron chi connectivity index (χ0n) is 7.72. The fourth-order valence-electron chi connectivity index (χ4n) is 1.10. The lowest BCUT2D eigenvalue weighted by molar-refractivity contribution is 0.611. The lowest BCUT2D eigenvalue weighted by Crippen LogP contribution is -1.83. The maximum atomic E-state index is 11.0. The number of halogens is 2. The van der Waals surface area contributed by atoms with Gasteiger partial charge in [0.05, 0.1) is 6.20 Å². The van der Waals surface area contributed by atoms with E-state index in [1.165, 1.54) is 6.20 Å². The Morgan fingerprint density at radius 1 is 1.19 bits per heavy atom. The number of rotatable bonds is 2. The number of nitrogens with zero attached hydrogens (tertiary/aromatic N) is 1. The number of aromatic nitrogens is 1. The maximum absolute atomic E-state index is 11.0. The number of hydrogen-bond donors (Lipinski definition) is 0. The van der Waals surface area contributed by atoms with Crippen LogP contribution in [-0.4, -0.2) is 13.4 Å². The van der Waals surface area contributed by atoms with Crippen molar-refractivity contribution in [3.05, 3.63) is 35.5 Å². The van der Waals surface area contributed by atoms with Crippen molar-refractivity contribution in [1.29, 1.82) is 0 Å². The largest absolute Gasteiger partial charge is 0.272 e. The van der Waals surface area contributed by atoms with Gasteiger partial charge in [-0.1, -0.05) is 23.7 Å². The summed E-state index contributed by atoms with van der Waals surface area (Å²) in [4.78, 5) is 3.99. The maximum Gasteiger partial charge on any atom is 0.272 e. The van der Waals surface area contributed by atoms with Crippen molar-refractivity contribution in [2.75, 3.05) is 0 Å². The predicted octanol–water partition coefficient (Wildman–Crippen LogP) is 3.39. The van der Waals surface area contributed by atoms with Crippen molar-refractivity contribution in [3.8, 4) is 10.6 Å². The van der Waals surface area contributed by atoms with Crippen molar-refractivity contribution in [1.82, 2.24) is 4.98 Å². The summed E-state index contributed by atoms with van der Waals surface area (Å²) in [5, 5.41) is 1.21. The Labute approximate surface area is 106 Å². The Bertz CT molecular complexity index is 605. The lowest BCUT2D eigenvalue weighted by atomic mass is 10.2. The van der Waals surface area contributed by atoms with Crippen LogP contribution in [0, 0.1) is 0 Å². The van der Waals surface area contributed by atoms with Crippen LogP contribution >= 0.6 is 33.6 Å². The summed E-state index contributed by atoms with van der Waals surface area (Å²) in [6, 6.07) is 6.97. The van der Waals surface area contributed by atoms with Crippen molar-refractivity contribution in [2.24, 2.45) is 0 Å². The third-order valence-corrected chi connectivity index (χ3v) is 5.18. The molecule has 1 heterocycles. The molecular formula is C9H5Cl2NO2S2. The predicted molar refractivity (Wildman–Crippen MR) is 65.6 cm³/mol. The molecule has 0 N–H and O–H groups in total. The highest BCUT2D eigenvalue weighted by molar-refractivity contribution is 8.15. The highest BCUT2D eigenvalue weighted by atomic mass is 35.7. The van der Waals surface area contributed by atoms with Gasteiger partial charge in [0, 0.05) is 21.3 Å². The molecule has 2 aromatic rings. The molecule has 1 aromatic carbocycles. The van der Waals surface area contributed by atoms with Crippen LogP contribution in [0.25, 0.3) is 10.6 Å². The van der Waals surface area contributed by atoms with Crippen LogP contribution in [0.1, 0.15) is 0 Å². The first-order valence-electron chi connectivity index (χ1n) is 4.13. The first kappa shape index (κ1) is 11.9. The van der Waals surface area contributed by atoms with Crippen molar-refractivity contribution >= 4 is 42.7 Å². The van der Waals surface area contributed by atoms with E-state index in [9.17, 15) is 8.42 Å². The fourth-order valence-corrected chi connectivity index (χ4v) is 3.10. The van der Waals surface area contributed by atoms with Crippen LogP contribution in [0.4, 0.5) is 0 Å². The van der Waals surface area contributed by atoms with E-state index >= 15 is 0 Å². The van der Waals surface area contributed by atoms with Crippen molar-refractivity contribution < 1.29 is 8.42 Å². The van der Waals surface area contributed by atoms with E-state index in [1.807, 2.05) is 0 Å². The molecule has 16 heavy (non-hydrogen) atoms. The van der Waals surface area contributed by atoms with E-state index in [1.54, 1.807) is 24.3 Å². The van der Waals surface area contributed by atoms with Gasteiger partial charge in [-0.05, 0) is 12.1 Å². The van der Waals surface area contributed by atoms with Gasteiger partial charge in [-0.15, -0.1) is 11.3 Å². The molecule has 2 rings (SSSR count). The minimum atomic E-state index is -3.70. The lowest BCUT2D eigenvalue weighted by Gasteiger charge is -1.94. The molecule has 7 heteroatoms. The molecule has 0 aliphatic heterocycles. The van der Waals surface area contributed by atoms with E-state index in [2.05, 4.69) is 4.98 Å². The van der Waals surface area contributed by atoms with Gasteiger partial charge in [-0.2, -0.15) is 0 Å². The zero-order valence-corrected chi connectivity index (χ0v) is 10.9. The molecule has 0 aliphatic rings. The standard InChI is InChI=1S/C9H5Cl2NO2S2/c10-7-3-1-6(2-4-7)9-12-5-8(15-9)16(11,13)14/h1-5H. The van der Waals surface area contributed by atoms with E-state index in [4.69, 9.17) is 22.3 Å². The molecule has 0 bridgehead atoms. The smallest absolute Gasteiger partial charge is 0.243 e. The molecule has 3 nitrogen and oxygen atoms in total. The van der Waals surface area contributed by atoms with Crippen LogP contribution in [0.3, 0.4) is 0 Å².